The van der Waals surface area contributed by atoms with Crippen molar-refractivity contribution in [2.45, 2.75) is 23.5 Å². The Bertz CT molecular complexity index is 547. The number of sulfonamides is 1. The second-order valence-electron chi connectivity index (χ2n) is 4.03. The van der Waals surface area contributed by atoms with E-state index >= 15 is 0 Å². The van der Waals surface area contributed by atoms with Gasteiger partial charge in [0, 0.05) is 13.1 Å². The Hall–Kier alpha value is -0.790. The first kappa shape index (κ1) is 13.6. The number of hydrogen-bond donors (Lipinski definition) is 1. The second kappa shape index (κ2) is 5.46. The smallest absolute Gasteiger partial charge is 0.295 e. The van der Waals surface area contributed by atoms with Crippen LogP contribution < -0.4 is 5.73 Å². The van der Waals surface area contributed by atoms with Crippen LogP contribution in [-0.4, -0.2) is 32.4 Å². The van der Waals surface area contributed by atoms with E-state index < -0.39 is 10.0 Å². The maximum atomic E-state index is 12.0. The summed E-state index contributed by atoms with van der Waals surface area (Å²) >= 11 is 6.70. The molecule has 8 heteroatoms. The van der Waals surface area contributed by atoms with Crippen molar-refractivity contribution in [1.82, 2.24) is 4.90 Å². The summed E-state index contributed by atoms with van der Waals surface area (Å²) in [7, 11) is -3.73. The summed E-state index contributed by atoms with van der Waals surface area (Å²) in [6.07, 6.45) is 3.18. The molecule has 100 valence electrons. The summed E-state index contributed by atoms with van der Waals surface area (Å²) in [6, 6.07) is 2.97. The summed E-state index contributed by atoms with van der Waals surface area (Å²) < 4.78 is 28.1. The van der Waals surface area contributed by atoms with Gasteiger partial charge in [-0.15, -0.1) is 15.7 Å². The minimum Gasteiger partial charge on any atom is -0.369 e. The fourth-order valence-corrected chi connectivity index (χ4v) is 4.19. The number of likely N-dealkylation sites (tertiary alicyclic amines) is 1. The largest absolute Gasteiger partial charge is 0.369 e. The summed E-state index contributed by atoms with van der Waals surface area (Å²) in [6.45, 7) is 1.52. The van der Waals surface area contributed by atoms with Crippen LogP contribution in [0, 0.1) is 0 Å². The highest BCUT2D eigenvalue weighted by Gasteiger charge is 2.19. The van der Waals surface area contributed by atoms with Crippen molar-refractivity contribution in [3.8, 4) is 0 Å². The molecule has 5 nitrogen and oxygen atoms in total. The zero-order valence-corrected chi connectivity index (χ0v) is 12.1. The third-order valence-electron chi connectivity index (χ3n) is 2.70. The monoisotopic (exact) mass is 307 g/mol. The molecule has 2 heterocycles. The molecule has 18 heavy (non-hydrogen) atoms. The van der Waals surface area contributed by atoms with Crippen LogP contribution in [0.2, 0.25) is 4.34 Å². The lowest BCUT2D eigenvalue weighted by Crippen LogP contribution is -2.41. The molecule has 2 N–H and O–H groups in total. The molecular formula is C10H14ClN3O2S2. The van der Waals surface area contributed by atoms with E-state index in [1.54, 1.807) is 4.90 Å². The van der Waals surface area contributed by atoms with Crippen LogP contribution in [0.25, 0.3) is 0 Å². The predicted molar refractivity (Wildman–Crippen MR) is 73.6 cm³/mol. The summed E-state index contributed by atoms with van der Waals surface area (Å²) in [5.74, 6) is 0.0687. The normalized spacial score (nSPS) is 18.1. The fraction of sp³-hybridized carbons (Fsp3) is 0.500. The molecule has 0 aliphatic carbocycles. The van der Waals surface area contributed by atoms with Gasteiger partial charge in [-0.2, -0.15) is 8.42 Å². The van der Waals surface area contributed by atoms with E-state index in [4.69, 9.17) is 17.3 Å². The quantitative estimate of drug-likeness (QED) is 0.669. The lowest BCUT2D eigenvalue weighted by atomic mass is 10.1. The first-order chi connectivity index (χ1) is 8.49. The first-order valence-corrected chi connectivity index (χ1v) is 8.23. The van der Waals surface area contributed by atoms with Gasteiger partial charge in [-0.3, -0.25) is 0 Å². The number of nitrogens with zero attached hydrogens (tertiary/aromatic N) is 2. The van der Waals surface area contributed by atoms with Gasteiger partial charge < -0.3 is 10.6 Å². The average molecular weight is 308 g/mol. The molecule has 0 bridgehead atoms. The van der Waals surface area contributed by atoms with Crippen LogP contribution in [0.15, 0.2) is 20.7 Å². The molecule has 0 spiro atoms. The van der Waals surface area contributed by atoms with Crippen LogP contribution >= 0.6 is 22.9 Å². The zero-order valence-electron chi connectivity index (χ0n) is 9.67. The SMILES string of the molecule is NC(=NS(=O)(=O)c1ccc(Cl)s1)N1CCCCC1. The number of piperidine rings is 1. The number of guanidine groups is 1. The number of rotatable bonds is 2. The van der Waals surface area contributed by atoms with Gasteiger partial charge in [-0.1, -0.05) is 11.6 Å². The van der Waals surface area contributed by atoms with Crippen LogP contribution in [0.5, 0.6) is 0 Å². The van der Waals surface area contributed by atoms with Gasteiger partial charge in [-0.25, -0.2) is 0 Å². The lowest BCUT2D eigenvalue weighted by Gasteiger charge is -2.27. The molecule has 0 saturated carbocycles. The Kier molecular flexibility index (Phi) is 4.14. The van der Waals surface area contributed by atoms with Crippen LogP contribution in [0.4, 0.5) is 0 Å². The summed E-state index contributed by atoms with van der Waals surface area (Å²) in [5, 5.41) is 0. The third kappa shape index (κ3) is 3.15. The third-order valence-corrected chi connectivity index (χ3v) is 5.68. The van der Waals surface area contributed by atoms with E-state index in [0.717, 1.165) is 43.7 Å². The number of nitrogens with two attached hydrogens (primary N) is 1. The van der Waals surface area contributed by atoms with Gasteiger partial charge in [0.15, 0.2) is 0 Å². The molecule has 0 aromatic carbocycles. The van der Waals surface area contributed by atoms with Gasteiger partial charge in [0.1, 0.15) is 4.21 Å². The molecule has 1 aromatic heterocycles. The minimum absolute atomic E-state index is 0.0687. The van der Waals surface area contributed by atoms with Gasteiger partial charge in [0.05, 0.1) is 4.34 Å². The second-order valence-corrected chi connectivity index (χ2v) is 7.58. The molecule has 1 aliphatic heterocycles. The molecule has 2 rings (SSSR count). The molecule has 0 unspecified atom stereocenters. The molecule has 0 radical (unpaired) electrons. The molecular weight excluding hydrogens is 294 g/mol. The van der Waals surface area contributed by atoms with Gasteiger partial charge >= 0.3 is 0 Å². The van der Waals surface area contributed by atoms with Crippen LogP contribution in [0.1, 0.15) is 19.3 Å². The highest BCUT2D eigenvalue weighted by Crippen LogP contribution is 2.27. The van der Waals surface area contributed by atoms with Crippen molar-refractivity contribution in [2.24, 2.45) is 10.1 Å². The van der Waals surface area contributed by atoms with Gasteiger partial charge in [-0.05, 0) is 31.4 Å². The van der Waals surface area contributed by atoms with Crippen LogP contribution in [0.3, 0.4) is 0 Å². The summed E-state index contributed by atoms with van der Waals surface area (Å²) in [4.78, 5) is 1.80. The highest BCUT2D eigenvalue weighted by molar-refractivity contribution is 7.92. The molecule has 1 fully saturated rings. The Morgan fingerprint density at radius 3 is 2.56 bits per heavy atom. The maximum Gasteiger partial charge on any atom is 0.295 e. The summed E-state index contributed by atoms with van der Waals surface area (Å²) in [5.41, 5.74) is 5.75. The number of thiophene rings is 1. The van der Waals surface area contributed by atoms with Crippen LogP contribution in [-0.2, 0) is 10.0 Å². The standard InChI is InChI=1S/C10H14ClN3O2S2/c11-8-4-5-9(17-8)18(15,16)13-10(12)14-6-2-1-3-7-14/h4-5H,1-3,6-7H2,(H2,12,13). The zero-order chi connectivity index (χ0) is 13.2. The first-order valence-electron chi connectivity index (χ1n) is 5.60. The van der Waals surface area contributed by atoms with E-state index in [2.05, 4.69) is 4.40 Å². The highest BCUT2D eigenvalue weighted by atomic mass is 35.5. The van der Waals surface area contributed by atoms with Crippen molar-refractivity contribution in [3.63, 3.8) is 0 Å². The van der Waals surface area contributed by atoms with E-state index in [0.29, 0.717) is 4.34 Å². The Labute approximate surface area is 115 Å². The number of halogens is 1. The molecule has 1 aliphatic rings. The van der Waals surface area contributed by atoms with Crippen molar-refractivity contribution < 1.29 is 8.42 Å². The van der Waals surface area contributed by atoms with Crippen molar-refractivity contribution in [3.05, 3.63) is 16.5 Å². The van der Waals surface area contributed by atoms with Gasteiger partial charge in [0.25, 0.3) is 10.0 Å². The Morgan fingerprint density at radius 2 is 2.00 bits per heavy atom. The lowest BCUT2D eigenvalue weighted by molar-refractivity contribution is 0.339. The number of hydrogen-bond acceptors (Lipinski definition) is 3. The molecule has 1 aromatic rings. The molecule has 1 saturated heterocycles. The maximum absolute atomic E-state index is 12.0. The topological polar surface area (TPSA) is 75.8 Å². The predicted octanol–water partition coefficient (Wildman–Crippen LogP) is 1.89. The van der Waals surface area contributed by atoms with Crippen molar-refractivity contribution in [1.29, 1.82) is 0 Å². The molecule has 0 atom stereocenters. The van der Waals surface area contributed by atoms with Crippen molar-refractivity contribution in [2.75, 3.05) is 13.1 Å². The fourth-order valence-electron chi connectivity index (χ4n) is 1.79. The van der Waals surface area contributed by atoms with E-state index in [1.165, 1.54) is 12.1 Å². The Balaban J connectivity index is 2.20. The average Bonchev–Trinajstić information content (AvgIpc) is 2.77. The Morgan fingerprint density at radius 1 is 1.33 bits per heavy atom. The van der Waals surface area contributed by atoms with Crippen molar-refractivity contribution >= 4 is 38.9 Å². The van der Waals surface area contributed by atoms with E-state index in [-0.39, 0.29) is 10.2 Å². The minimum atomic E-state index is -3.73. The van der Waals surface area contributed by atoms with E-state index in [1.807, 2.05) is 0 Å². The van der Waals surface area contributed by atoms with Gasteiger partial charge in [0.2, 0.25) is 5.96 Å². The molecule has 0 amide bonds. The van der Waals surface area contributed by atoms with E-state index in [9.17, 15) is 8.42 Å².